The van der Waals surface area contributed by atoms with E-state index in [1.807, 2.05) is 0 Å². The number of morpholine rings is 1. The molecule has 2 fully saturated rings. The Morgan fingerprint density at radius 2 is 1.81 bits per heavy atom. The van der Waals surface area contributed by atoms with Crippen LogP contribution in [0.2, 0.25) is 5.02 Å². The zero-order valence-electron chi connectivity index (χ0n) is 23.6. The molecule has 43 heavy (non-hydrogen) atoms. The van der Waals surface area contributed by atoms with Crippen LogP contribution >= 0.6 is 11.6 Å². The van der Waals surface area contributed by atoms with Gasteiger partial charge < -0.3 is 20.7 Å². The number of carbonyl (C=O) groups excluding carboxylic acids is 2. The Morgan fingerprint density at radius 1 is 1.05 bits per heavy atom. The van der Waals surface area contributed by atoms with Gasteiger partial charge in [0.1, 0.15) is 12.1 Å². The smallest absolute Gasteiger partial charge is 0.379 e. The van der Waals surface area contributed by atoms with Gasteiger partial charge in [-0.05, 0) is 68.6 Å². The Balaban J connectivity index is 1.22. The number of ether oxygens (including phenoxy) is 1. The number of alkyl halides is 3. The van der Waals surface area contributed by atoms with E-state index in [1.54, 1.807) is 19.1 Å². The summed E-state index contributed by atoms with van der Waals surface area (Å²) in [7, 11) is 0. The molecule has 0 spiro atoms. The number of amides is 2. The molecule has 9 nitrogen and oxygen atoms in total. The lowest BCUT2D eigenvalue weighted by Gasteiger charge is -2.26. The summed E-state index contributed by atoms with van der Waals surface area (Å²) in [6, 6.07) is 9.66. The highest BCUT2D eigenvalue weighted by atomic mass is 35.5. The number of nitrogens with one attached hydrogen (secondary N) is 3. The summed E-state index contributed by atoms with van der Waals surface area (Å²) in [5.74, 6) is -0.235. The molecule has 3 aromatic rings. The predicted octanol–water partition coefficient (Wildman–Crippen LogP) is 5.51. The van der Waals surface area contributed by atoms with Crippen LogP contribution in [0.4, 0.5) is 30.4 Å². The van der Waals surface area contributed by atoms with Crippen LogP contribution in [0, 0.1) is 6.92 Å². The fraction of sp³-hybridized carbons (Fsp3) is 0.400. The summed E-state index contributed by atoms with van der Waals surface area (Å²) in [6.07, 6.45) is -1.05. The average Bonchev–Trinajstić information content (AvgIpc) is 3.80. The normalized spacial score (nSPS) is 16.4. The second-order valence-electron chi connectivity index (χ2n) is 10.7. The van der Waals surface area contributed by atoms with Gasteiger partial charge in [-0.3, -0.25) is 14.5 Å². The standard InChI is InChI=1S/C30H32ClF3N6O3/c1-19-3-4-20(27(41)38-21-5-6-23(31)22(16-21)30(32,33)34)15-24(19)39-28(42)29(7-8-29)25-17-26(37-18-36-25)35-9-2-10-40-11-13-43-14-12-40/h3-6,15-18H,2,7-14H2,1H3,(H,38,41)(H,39,42)(H,35,36,37). The van der Waals surface area contributed by atoms with Gasteiger partial charge in [0.25, 0.3) is 5.91 Å². The quantitative estimate of drug-likeness (QED) is 0.258. The molecule has 2 aromatic carbocycles. The van der Waals surface area contributed by atoms with E-state index >= 15 is 0 Å². The Labute approximate surface area is 252 Å². The Morgan fingerprint density at radius 3 is 2.53 bits per heavy atom. The van der Waals surface area contributed by atoms with Crippen molar-refractivity contribution < 1.29 is 27.5 Å². The van der Waals surface area contributed by atoms with Crippen LogP contribution in [0.1, 0.15) is 46.4 Å². The topological polar surface area (TPSA) is 108 Å². The Hall–Kier alpha value is -3.74. The zero-order chi connectivity index (χ0) is 30.6. The van der Waals surface area contributed by atoms with Gasteiger partial charge in [0.2, 0.25) is 5.91 Å². The van der Waals surface area contributed by atoms with E-state index in [1.165, 1.54) is 24.5 Å². The highest BCUT2D eigenvalue weighted by Crippen LogP contribution is 2.48. The molecule has 0 radical (unpaired) electrons. The SMILES string of the molecule is Cc1ccc(C(=O)Nc2ccc(Cl)c(C(F)(F)F)c2)cc1NC(=O)C1(c2cc(NCCCN3CCOCC3)ncn2)CC1. The van der Waals surface area contributed by atoms with Crippen LogP contribution in [0.25, 0.3) is 0 Å². The first kappa shape index (κ1) is 30.7. The molecule has 5 rings (SSSR count). The maximum atomic E-state index is 13.5. The van der Waals surface area contributed by atoms with Crippen molar-refractivity contribution in [1.29, 1.82) is 0 Å². The van der Waals surface area contributed by atoms with Crippen molar-refractivity contribution in [1.82, 2.24) is 14.9 Å². The molecule has 2 aliphatic rings. The lowest BCUT2D eigenvalue weighted by Crippen LogP contribution is -2.37. The molecular weight excluding hydrogens is 585 g/mol. The number of carbonyl (C=O) groups is 2. The van der Waals surface area contributed by atoms with E-state index < -0.39 is 28.1 Å². The molecule has 1 aromatic heterocycles. The fourth-order valence-electron chi connectivity index (χ4n) is 4.95. The summed E-state index contributed by atoms with van der Waals surface area (Å²) in [5.41, 5.74) is 0.0113. The molecule has 2 amide bonds. The summed E-state index contributed by atoms with van der Waals surface area (Å²) >= 11 is 5.68. The van der Waals surface area contributed by atoms with Crippen molar-refractivity contribution in [2.24, 2.45) is 0 Å². The van der Waals surface area contributed by atoms with E-state index in [-0.39, 0.29) is 17.2 Å². The van der Waals surface area contributed by atoms with Crippen LogP contribution in [-0.4, -0.2) is 66.1 Å². The summed E-state index contributed by atoms with van der Waals surface area (Å²) in [4.78, 5) is 37.5. The first-order chi connectivity index (χ1) is 20.5. The summed E-state index contributed by atoms with van der Waals surface area (Å²) < 4.78 is 45.1. The lowest BCUT2D eigenvalue weighted by atomic mass is 10.00. The Kier molecular flexibility index (Phi) is 9.19. The van der Waals surface area contributed by atoms with Gasteiger partial charge in [0.05, 0.1) is 34.9 Å². The minimum atomic E-state index is -4.67. The van der Waals surface area contributed by atoms with Gasteiger partial charge in [-0.15, -0.1) is 0 Å². The molecule has 0 atom stereocenters. The van der Waals surface area contributed by atoms with Gasteiger partial charge in [-0.2, -0.15) is 13.2 Å². The number of aryl methyl sites for hydroxylation is 1. The van der Waals surface area contributed by atoms with E-state index in [2.05, 4.69) is 30.8 Å². The largest absolute Gasteiger partial charge is 0.417 e. The van der Waals surface area contributed by atoms with E-state index in [0.717, 1.165) is 63.5 Å². The van der Waals surface area contributed by atoms with Crippen LogP contribution in [-0.2, 0) is 21.1 Å². The molecular formula is C30H32ClF3N6O3. The average molecular weight is 617 g/mol. The molecule has 1 saturated carbocycles. The number of anilines is 3. The zero-order valence-corrected chi connectivity index (χ0v) is 24.3. The van der Waals surface area contributed by atoms with Gasteiger partial charge in [-0.25, -0.2) is 9.97 Å². The first-order valence-corrected chi connectivity index (χ1v) is 14.4. The number of rotatable bonds is 10. The van der Waals surface area contributed by atoms with Crippen molar-refractivity contribution in [2.75, 3.05) is 55.3 Å². The molecule has 0 unspecified atom stereocenters. The second kappa shape index (κ2) is 12.9. The number of hydrogen-bond donors (Lipinski definition) is 3. The monoisotopic (exact) mass is 616 g/mol. The van der Waals surface area contributed by atoms with E-state index in [4.69, 9.17) is 16.3 Å². The number of nitrogens with zero attached hydrogens (tertiary/aromatic N) is 3. The van der Waals surface area contributed by atoms with Crippen molar-refractivity contribution in [3.05, 3.63) is 76.2 Å². The van der Waals surface area contributed by atoms with Crippen molar-refractivity contribution in [3.63, 3.8) is 0 Å². The molecule has 3 N–H and O–H groups in total. The highest BCUT2D eigenvalue weighted by molar-refractivity contribution is 6.31. The molecule has 1 saturated heterocycles. The van der Waals surface area contributed by atoms with Crippen molar-refractivity contribution >= 4 is 40.6 Å². The molecule has 2 heterocycles. The van der Waals surface area contributed by atoms with Crippen molar-refractivity contribution in [3.8, 4) is 0 Å². The van der Waals surface area contributed by atoms with Crippen LogP contribution < -0.4 is 16.0 Å². The highest BCUT2D eigenvalue weighted by Gasteiger charge is 2.53. The summed E-state index contributed by atoms with van der Waals surface area (Å²) in [5, 5.41) is 8.26. The van der Waals surface area contributed by atoms with Crippen LogP contribution in [0.15, 0.2) is 48.8 Å². The molecule has 0 bridgehead atoms. The van der Waals surface area contributed by atoms with Gasteiger partial charge >= 0.3 is 6.18 Å². The third-order valence-corrected chi connectivity index (χ3v) is 8.01. The summed E-state index contributed by atoms with van der Waals surface area (Å²) in [6.45, 7) is 6.88. The molecule has 13 heteroatoms. The minimum Gasteiger partial charge on any atom is -0.379 e. The van der Waals surface area contributed by atoms with E-state index in [9.17, 15) is 22.8 Å². The minimum absolute atomic E-state index is 0.0564. The maximum absolute atomic E-state index is 13.5. The van der Waals surface area contributed by atoms with Crippen LogP contribution in [0.3, 0.4) is 0 Å². The predicted molar refractivity (Wildman–Crippen MR) is 158 cm³/mol. The van der Waals surface area contributed by atoms with Gasteiger partial charge in [0.15, 0.2) is 0 Å². The lowest BCUT2D eigenvalue weighted by molar-refractivity contribution is -0.137. The van der Waals surface area contributed by atoms with E-state index in [0.29, 0.717) is 30.0 Å². The molecule has 1 aliphatic carbocycles. The fourth-order valence-corrected chi connectivity index (χ4v) is 5.17. The number of aromatic nitrogens is 2. The number of halogens is 4. The van der Waals surface area contributed by atoms with Gasteiger partial charge in [-0.1, -0.05) is 17.7 Å². The number of hydrogen-bond acceptors (Lipinski definition) is 7. The van der Waals surface area contributed by atoms with Crippen LogP contribution in [0.5, 0.6) is 0 Å². The Bertz CT molecular complexity index is 1490. The first-order valence-electron chi connectivity index (χ1n) is 14.0. The maximum Gasteiger partial charge on any atom is 0.417 e. The van der Waals surface area contributed by atoms with Crippen molar-refractivity contribution in [2.45, 2.75) is 37.8 Å². The number of benzene rings is 2. The molecule has 1 aliphatic heterocycles. The molecule has 228 valence electrons. The third-order valence-electron chi connectivity index (χ3n) is 7.68. The van der Waals surface area contributed by atoms with Gasteiger partial charge in [0, 0.05) is 42.6 Å². The third kappa shape index (κ3) is 7.43. The second-order valence-corrected chi connectivity index (χ2v) is 11.1.